The predicted molar refractivity (Wildman–Crippen MR) is 178 cm³/mol. The van der Waals surface area contributed by atoms with Gasteiger partial charge in [0.05, 0.1) is 0 Å². The van der Waals surface area contributed by atoms with Crippen molar-refractivity contribution in [3.63, 3.8) is 0 Å². The molecule has 0 aliphatic heterocycles. The highest BCUT2D eigenvalue weighted by Gasteiger charge is 2.14. The highest BCUT2D eigenvalue weighted by atomic mass is 15.0. The van der Waals surface area contributed by atoms with E-state index in [2.05, 4.69) is 98.4 Å². The molecule has 0 aliphatic carbocycles. The number of aryl methyl sites for hydroxylation is 1. The van der Waals surface area contributed by atoms with Gasteiger partial charge in [0.15, 0.2) is 17.5 Å². The maximum Gasteiger partial charge on any atom is 0.164 e. The summed E-state index contributed by atoms with van der Waals surface area (Å²) in [5.74, 6) is 1.94. The van der Waals surface area contributed by atoms with Gasteiger partial charge in [-0.15, -0.1) is 0 Å². The first-order chi connectivity index (χ1) is 21.2. The monoisotopic (exact) mass is 551 g/mol. The van der Waals surface area contributed by atoms with E-state index in [0.717, 1.165) is 43.7 Å². The lowest BCUT2D eigenvalue weighted by Gasteiger charge is -2.14. The van der Waals surface area contributed by atoms with Crippen molar-refractivity contribution in [1.82, 2.24) is 15.0 Å². The van der Waals surface area contributed by atoms with Crippen molar-refractivity contribution in [1.29, 1.82) is 0 Å². The fraction of sp³-hybridized carbons (Fsp3) is 0.0250. The van der Waals surface area contributed by atoms with Gasteiger partial charge < -0.3 is 0 Å². The zero-order chi connectivity index (χ0) is 29.2. The van der Waals surface area contributed by atoms with E-state index in [-0.39, 0.29) is 0 Å². The van der Waals surface area contributed by atoms with Crippen molar-refractivity contribution in [3.05, 3.63) is 173 Å². The second-order valence-electron chi connectivity index (χ2n) is 10.6. The van der Waals surface area contributed by atoms with Crippen molar-refractivity contribution in [3.8, 4) is 34.2 Å². The Kier molecular flexibility index (Phi) is 6.90. The third kappa shape index (κ3) is 5.13. The van der Waals surface area contributed by atoms with Gasteiger partial charge >= 0.3 is 0 Å². The number of benzene rings is 6. The zero-order valence-corrected chi connectivity index (χ0v) is 23.9. The van der Waals surface area contributed by atoms with Crippen molar-refractivity contribution in [2.75, 3.05) is 0 Å². The summed E-state index contributed by atoms with van der Waals surface area (Å²) in [5.41, 5.74) is 7.51. The molecule has 0 saturated carbocycles. The zero-order valence-electron chi connectivity index (χ0n) is 23.9. The van der Waals surface area contributed by atoms with Crippen LogP contribution in [0.2, 0.25) is 0 Å². The average Bonchev–Trinajstić information content (AvgIpc) is 3.08. The van der Waals surface area contributed by atoms with Gasteiger partial charge in [-0.1, -0.05) is 152 Å². The average molecular weight is 552 g/mol. The molecule has 3 heteroatoms. The summed E-state index contributed by atoms with van der Waals surface area (Å²) < 4.78 is 0. The van der Waals surface area contributed by atoms with Gasteiger partial charge in [0.1, 0.15) is 0 Å². The topological polar surface area (TPSA) is 38.7 Å². The lowest BCUT2D eigenvalue weighted by molar-refractivity contribution is 1.07. The molecule has 0 N–H and O–H groups in total. The summed E-state index contributed by atoms with van der Waals surface area (Å²) in [6.45, 7) is 6.71. The molecule has 0 fully saturated rings. The Morgan fingerprint density at radius 1 is 0.488 bits per heavy atom. The minimum atomic E-state index is 0.639. The summed E-state index contributed by atoms with van der Waals surface area (Å²) >= 11 is 0. The van der Waals surface area contributed by atoms with Crippen LogP contribution in [0.25, 0.3) is 57.1 Å². The van der Waals surface area contributed by atoms with Crippen LogP contribution >= 0.6 is 0 Å². The second kappa shape index (κ2) is 11.3. The van der Waals surface area contributed by atoms with Gasteiger partial charge in [0, 0.05) is 16.7 Å². The molecule has 6 aromatic carbocycles. The van der Waals surface area contributed by atoms with E-state index >= 15 is 0 Å². The Balaban J connectivity index is 1.41. The molecule has 3 nitrogen and oxygen atoms in total. The summed E-state index contributed by atoms with van der Waals surface area (Å²) in [7, 11) is 0. The fourth-order valence-electron chi connectivity index (χ4n) is 5.60. The number of rotatable bonds is 5. The maximum atomic E-state index is 4.91. The first-order valence-electron chi connectivity index (χ1n) is 14.4. The van der Waals surface area contributed by atoms with Crippen molar-refractivity contribution < 1.29 is 0 Å². The molecule has 0 amide bonds. The molecule has 1 aromatic heterocycles. The lowest BCUT2D eigenvalue weighted by atomic mass is 9.90. The minimum Gasteiger partial charge on any atom is -0.208 e. The number of hydrogen-bond acceptors (Lipinski definition) is 3. The molecular weight excluding hydrogens is 522 g/mol. The van der Waals surface area contributed by atoms with E-state index in [4.69, 9.17) is 15.0 Å². The summed E-state index contributed by atoms with van der Waals surface area (Å²) in [6, 6.07) is 50.0. The molecular formula is C40H29N3. The molecule has 0 atom stereocenters. The molecule has 7 aromatic rings. The summed E-state index contributed by atoms with van der Waals surface area (Å²) in [5, 5.41) is 4.50. The third-order valence-corrected chi connectivity index (χ3v) is 7.86. The van der Waals surface area contributed by atoms with Gasteiger partial charge in [0.2, 0.25) is 0 Å². The molecule has 7 rings (SSSR count). The molecule has 0 aliphatic rings. The predicted octanol–water partition coefficient (Wildman–Crippen LogP) is 7.99. The van der Waals surface area contributed by atoms with Crippen LogP contribution in [0.5, 0.6) is 0 Å². The molecule has 0 unspecified atom stereocenters. The van der Waals surface area contributed by atoms with Crippen molar-refractivity contribution in [2.24, 2.45) is 0 Å². The van der Waals surface area contributed by atoms with Gasteiger partial charge in [-0.25, -0.2) is 15.0 Å². The first-order valence-corrected chi connectivity index (χ1v) is 14.4. The fourth-order valence-corrected chi connectivity index (χ4v) is 5.60. The smallest absolute Gasteiger partial charge is 0.164 e. The lowest BCUT2D eigenvalue weighted by Crippen LogP contribution is -2.27. The molecule has 0 bridgehead atoms. The van der Waals surface area contributed by atoms with Crippen LogP contribution in [-0.4, -0.2) is 15.0 Å². The summed E-state index contributed by atoms with van der Waals surface area (Å²) in [6.07, 6.45) is 0. The second-order valence-corrected chi connectivity index (χ2v) is 10.6. The van der Waals surface area contributed by atoms with Gasteiger partial charge in [-0.05, 0) is 50.4 Å². The first kappa shape index (κ1) is 26.2. The quantitative estimate of drug-likeness (QED) is 0.218. The van der Waals surface area contributed by atoms with E-state index in [1.807, 2.05) is 60.7 Å². The van der Waals surface area contributed by atoms with E-state index in [0.29, 0.717) is 17.5 Å². The van der Waals surface area contributed by atoms with Crippen molar-refractivity contribution >= 4 is 22.9 Å². The van der Waals surface area contributed by atoms with Crippen LogP contribution in [0.3, 0.4) is 0 Å². The Morgan fingerprint density at radius 3 is 1.60 bits per heavy atom. The van der Waals surface area contributed by atoms with Gasteiger partial charge in [-0.2, -0.15) is 0 Å². The number of aromatic nitrogens is 3. The van der Waals surface area contributed by atoms with Gasteiger partial charge in [-0.3, -0.25) is 0 Å². The molecule has 204 valence electrons. The minimum absolute atomic E-state index is 0.639. The van der Waals surface area contributed by atoms with Gasteiger partial charge in [0.25, 0.3) is 0 Å². The molecule has 0 saturated heterocycles. The Labute approximate surface area is 251 Å². The van der Waals surface area contributed by atoms with Crippen molar-refractivity contribution in [2.45, 2.75) is 6.92 Å². The third-order valence-electron chi connectivity index (χ3n) is 7.86. The van der Waals surface area contributed by atoms with Crippen LogP contribution in [-0.2, 0) is 0 Å². The highest BCUT2D eigenvalue weighted by Crippen LogP contribution is 2.28. The van der Waals surface area contributed by atoms with Crippen LogP contribution in [0.4, 0.5) is 0 Å². The normalized spacial score (nSPS) is 11.8. The molecule has 0 spiro atoms. The highest BCUT2D eigenvalue weighted by molar-refractivity contribution is 5.87. The SMILES string of the molecule is C=c1/c(=C(/c2ccc(-c3nc(-c4ccccc4)nc(-c4ccccc4)n3)cc2)c2ccccc2C)ccc2ccccc12. The molecule has 1 heterocycles. The van der Waals surface area contributed by atoms with Crippen LogP contribution < -0.4 is 10.4 Å². The Bertz CT molecular complexity index is 2130. The van der Waals surface area contributed by atoms with Crippen LogP contribution in [0.1, 0.15) is 16.7 Å². The van der Waals surface area contributed by atoms with E-state index < -0.39 is 0 Å². The largest absolute Gasteiger partial charge is 0.208 e. The van der Waals surface area contributed by atoms with E-state index in [9.17, 15) is 0 Å². The number of hydrogen-bond donors (Lipinski definition) is 0. The molecule has 0 radical (unpaired) electrons. The number of fused-ring (bicyclic) bond motifs is 1. The van der Waals surface area contributed by atoms with Crippen LogP contribution in [0.15, 0.2) is 146 Å². The number of nitrogens with zero attached hydrogens (tertiary/aromatic N) is 3. The van der Waals surface area contributed by atoms with Crippen LogP contribution in [0, 0.1) is 6.92 Å². The van der Waals surface area contributed by atoms with E-state index in [1.165, 1.54) is 16.5 Å². The molecule has 43 heavy (non-hydrogen) atoms. The van der Waals surface area contributed by atoms with E-state index in [1.54, 1.807) is 0 Å². The Morgan fingerprint density at radius 2 is 1.00 bits per heavy atom. The standard InChI is InChI=1S/C40H29N3/c1-27-13-9-11-19-34(27)37(36-26-25-29-14-10-12-20-35(29)28(36)2)30-21-23-33(24-22-30)40-42-38(31-15-5-3-6-16-31)41-39(43-40)32-17-7-4-8-18-32/h3-26H,2H2,1H3/b37-36-. The maximum absolute atomic E-state index is 4.91. The Hall–Kier alpha value is -5.67. The summed E-state index contributed by atoms with van der Waals surface area (Å²) in [4.78, 5) is 14.7.